The molecule has 0 fully saturated rings. The molecule has 0 aliphatic carbocycles. The molecular formula is C10H14N4OS. The second-order valence-corrected chi connectivity index (χ2v) is 5.48. The van der Waals surface area contributed by atoms with E-state index >= 15 is 0 Å². The van der Waals surface area contributed by atoms with Crippen molar-refractivity contribution in [3.05, 3.63) is 28.3 Å². The predicted molar refractivity (Wildman–Crippen MR) is 61.1 cm³/mol. The van der Waals surface area contributed by atoms with Gasteiger partial charge in [-0.25, -0.2) is 4.98 Å². The molecule has 0 saturated heterocycles. The van der Waals surface area contributed by atoms with E-state index in [-0.39, 0.29) is 5.41 Å². The molecule has 86 valence electrons. The fraction of sp³-hybridized carbons (Fsp3) is 0.500. The van der Waals surface area contributed by atoms with Crippen molar-refractivity contribution in [1.82, 2.24) is 15.1 Å². The van der Waals surface area contributed by atoms with Crippen molar-refractivity contribution in [2.45, 2.75) is 32.2 Å². The number of nitrogens with two attached hydrogens (primary N) is 1. The topological polar surface area (TPSA) is 77.8 Å². The smallest absolute Gasteiger partial charge is 0.232 e. The molecule has 1 atom stereocenters. The van der Waals surface area contributed by atoms with Crippen LogP contribution in [0.4, 0.5) is 0 Å². The Morgan fingerprint density at radius 1 is 1.44 bits per heavy atom. The average molecular weight is 238 g/mol. The summed E-state index contributed by atoms with van der Waals surface area (Å²) in [6, 6.07) is -0.403. The molecule has 0 bridgehead atoms. The lowest BCUT2D eigenvalue weighted by molar-refractivity contribution is 0.317. The Balaban J connectivity index is 2.26. The molecular weight excluding hydrogens is 224 g/mol. The van der Waals surface area contributed by atoms with Crippen molar-refractivity contribution in [3.63, 3.8) is 0 Å². The van der Waals surface area contributed by atoms with Crippen molar-refractivity contribution < 1.29 is 4.52 Å². The van der Waals surface area contributed by atoms with Crippen LogP contribution in [0.1, 0.15) is 43.5 Å². The molecule has 2 heterocycles. The monoisotopic (exact) mass is 238 g/mol. The molecule has 1 unspecified atom stereocenters. The van der Waals surface area contributed by atoms with E-state index in [0.717, 1.165) is 5.01 Å². The molecule has 0 radical (unpaired) electrons. The molecule has 2 aromatic heterocycles. The predicted octanol–water partition coefficient (Wildman–Crippen LogP) is 1.87. The van der Waals surface area contributed by atoms with Crippen molar-refractivity contribution in [2.75, 3.05) is 0 Å². The van der Waals surface area contributed by atoms with Crippen LogP contribution >= 0.6 is 11.3 Å². The van der Waals surface area contributed by atoms with Crippen LogP contribution in [-0.4, -0.2) is 15.1 Å². The van der Waals surface area contributed by atoms with Crippen LogP contribution < -0.4 is 5.73 Å². The third kappa shape index (κ3) is 2.12. The lowest BCUT2D eigenvalue weighted by atomic mass is 9.97. The summed E-state index contributed by atoms with van der Waals surface area (Å²) in [7, 11) is 0. The first-order chi connectivity index (χ1) is 7.48. The van der Waals surface area contributed by atoms with Gasteiger partial charge in [0.05, 0.1) is 0 Å². The van der Waals surface area contributed by atoms with Crippen LogP contribution in [0.2, 0.25) is 0 Å². The first kappa shape index (κ1) is 11.2. The summed E-state index contributed by atoms with van der Waals surface area (Å²) < 4.78 is 5.18. The average Bonchev–Trinajstić information content (AvgIpc) is 2.87. The van der Waals surface area contributed by atoms with Gasteiger partial charge in [0.25, 0.3) is 0 Å². The molecule has 0 saturated carbocycles. The number of rotatable bonds is 2. The Morgan fingerprint density at radius 2 is 2.19 bits per heavy atom. The van der Waals surface area contributed by atoms with Crippen LogP contribution in [-0.2, 0) is 5.41 Å². The van der Waals surface area contributed by atoms with E-state index in [0.29, 0.717) is 11.7 Å². The van der Waals surface area contributed by atoms with Crippen molar-refractivity contribution in [3.8, 4) is 0 Å². The molecule has 2 rings (SSSR count). The van der Waals surface area contributed by atoms with Gasteiger partial charge in [-0.1, -0.05) is 25.9 Å². The van der Waals surface area contributed by atoms with Crippen molar-refractivity contribution >= 4 is 11.3 Å². The zero-order valence-electron chi connectivity index (χ0n) is 9.47. The van der Waals surface area contributed by atoms with Crippen LogP contribution in [0.25, 0.3) is 0 Å². The molecule has 16 heavy (non-hydrogen) atoms. The van der Waals surface area contributed by atoms with Gasteiger partial charge in [0.2, 0.25) is 5.89 Å². The van der Waals surface area contributed by atoms with Gasteiger partial charge in [0, 0.05) is 17.0 Å². The van der Waals surface area contributed by atoms with E-state index in [1.54, 1.807) is 6.20 Å². The Kier molecular flexibility index (Phi) is 2.77. The van der Waals surface area contributed by atoms with Gasteiger partial charge >= 0.3 is 0 Å². The van der Waals surface area contributed by atoms with Crippen LogP contribution in [0.5, 0.6) is 0 Å². The number of nitrogens with zero attached hydrogens (tertiary/aromatic N) is 3. The van der Waals surface area contributed by atoms with Gasteiger partial charge in [-0.05, 0) is 0 Å². The largest absolute Gasteiger partial charge is 0.339 e. The molecule has 2 aromatic rings. The molecule has 6 heteroatoms. The fourth-order valence-electron chi connectivity index (χ4n) is 1.16. The first-order valence-electron chi connectivity index (χ1n) is 4.97. The van der Waals surface area contributed by atoms with Crippen molar-refractivity contribution in [1.29, 1.82) is 0 Å². The molecule has 5 nitrogen and oxygen atoms in total. The Morgan fingerprint density at radius 3 is 2.69 bits per heavy atom. The maximum atomic E-state index is 5.98. The standard InChI is InChI=1S/C10H14N4OS/c1-10(2,3)9-13-7(14-15-9)6(11)8-12-4-5-16-8/h4-6H,11H2,1-3H3. The number of hydrogen-bond donors (Lipinski definition) is 1. The van der Waals surface area contributed by atoms with E-state index in [4.69, 9.17) is 10.3 Å². The van der Waals surface area contributed by atoms with E-state index in [9.17, 15) is 0 Å². The summed E-state index contributed by atoms with van der Waals surface area (Å²) in [5, 5.41) is 6.56. The quantitative estimate of drug-likeness (QED) is 0.864. The Hall–Kier alpha value is -1.27. The zero-order chi connectivity index (χ0) is 11.8. The van der Waals surface area contributed by atoms with Gasteiger partial charge in [0.15, 0.2) is 5.82 Å². The molecule has 0 aliphatic rings. The van der Waals surface area contributed by atoms with Gasteiger partial charge in [-0.2, -0.15) is 4.98 Å². The van der Waals surface area contributed by atoms with Crippen molar-refractivity contribution in [2.24, 2.45) is 5.73 Å². The lowest BCUT2D eigenvalue weighted by Gasteiger charge is -2.10. The third-order valence-electron chi connectivity index (χ3n) is 2.08. The van der Waals surface area contributed by atoms with Gasteiger partial charge in [-0.3, -0.25) is 0 Å². The molecule has 2 N–H and O–H groups in total. The highest BCUT2D eigenvalue weighted by molar-refractivity contribution is 7.09. The molecule has 0 aliphatic heterocycles. The maximum Gasteiger partial charge on any atom is 0.232 e. The minimum absolute atomic E-state index is 0.159. The van der Waals surface area contributed by atoms with E-state index in [2.05, 4.69) is 15.1 Å². The zero-order valence-corrected chi connectivity index (χ0v) is 10.3. The van der Waals surface area contributed by atoms with Crippen LogP contribution in [0.3, 0.4) is 0 Å². The minimum atomic E-state index is -0.403. The van der Waals surface area contributed by atoms with E-state index in [1.807, 2.05) is 26.2 Å². The lowest BCUT2D eigenvalue weighted by Crippen LogP contribution is -2.15. The van der Waals surface area contributed by atoms with Crippen LogP contribution in [0.15, 0.2) is 16.1 Å². The first-order valence-corrected chi connectivity index (χ1v) is 5.85. The van der Waals surface area contributed by atoms with Gasteiger partial charge in [-0.15, -0.1) is 11.3 Å². The molecule has 0 amide bonds. The Bertz CT molecular complexity index is 457. The summed E-state index contributed by atoms with van der Waals surface area (Å²) in [5.74, 6) is 1.08. The Labute approximate surface area is 97.7 Å². The van der Waals surface area contributed by atoms with Gasteiger partial charge in [0.1, 0.15) is 11.0 Å². The molecule has 0 aromatic carbocycles. The minimum Gasteiger partial charge on any atom is -0.339 e. The number of hydrogen-bond acceptors (Lipinski definition) is 6. The number of aromatic nitrogens is 3. The summed E-state index contributed by atoms with van der Waals surface area (Å²) in [5.41, 5.74) is 5.82. The van der Waals surface area contributed by atoms with E-state index in [1.165, 1.54) is 11.3 Å². The molecule has 0 spiro atoms. The highest BCUT2D eigenvalue weighted by Crippen LogP contribution is 2.23. The summed E-state index contributed by atoms with van der Waals surface area (Å²) in [4.78, 5) is 8.44. The summed E-state index contributed by atoms with van der Waals surface area (Å²) in [6.07, 6.45) is 1.71. The number of thiazole rings is 1. The highest BCUT2D eigenvalue weighted by Gasteiger charge is 2.25. The summed E-state index contributed by atoms with van der Waals surface area (Å²) in [6.45, 7) is 6.04. The second kappa shape index (κ2) is 3.95. The van der Waals surface area contributed by atoms with Crippen LogP contribution in [0, 0.1) is 0 Å². The second-order valence-electron chi connectivity index (χ2n) is 4.56. The van der Waals surface area contributed by atoms with E-state index < -0.39 is 6.04 Å². The normalized spacial score (nSPS) is 14.0. The van der Waals surface area contributed by atoms with Gasteiger partial charge < -0.3 is 10.3 Å². The maximum absolute atomic E-state index is 5.98. The third-order valence-corrected chi connectivity index (χ3v) is 2.94. The fourth-order valence-corrected chi connectivity index (χ4v) is 1.80. The SMILES string of the molecule is CC(C)(C)c1nc(C(N)c2nccs2)no1. The highest BCUT2D eigenvalue weighted by atomic mass is 32.1. The summed E-state index contributed by atoms with van der Waals surface area (Å²) >= 11 is 1.48.